The molecule has 0 spiro atoms. The molecule has 4 heteroatoms. The van der Waals surface area contributed by atoms with Crippen LogP contribution in [0, 0.1) is 12.3 Å². The van der Waals surface area contributed by atoms with Crippen molar-refractivity contribution >= 4 is 11.9 Å². The lowest BCUT2D eigenvalue weighted by Gasteiger charge is -2.07. The zero-order chi connectivity index (χ0) is 12.1. The maximum absolute atomic E-state index is 11.5. The van der Waals surface area contributed by atoms with Crippen LogP contribution in [0.25, 0.3) is 0 Å². The van der Waals surface area contributed by atoms with Gasteiger partial charge in [-0.25, -0.2) is 9.59 Å². The van der Waals surface area contributed by atoms with Crippen LogP contribution in [0.5, 0.6) is 0 Å². The Bertz CT molecular complexity index is 468. The number of carbonyl (C=O) groups is 2. The number of terminal acetylenes is 1. The van der Waals surface area contributed by atoms with Gasteiger partial charge in [0, 0.05) is 5.56 Å². The van der Waals surface area contributed by atoms with Crippen LogP contribution in [0.15, 0.2) is 18.2 Å². The molecular formula is C12H10O4. The molecule has 0 saturated carbocycles. The zero-order valence-corrected chi connectivity index (χ0v) is 8.94. The van der Waals surface area contributed by atoms with Gasteiger partial charge in [0.2, 0.25) is 0 Å². The van der Waals surface area contributed by atoms with Crippen molar-refractivity contribution < 1.29 is 19.1 Å². The molecule has 0 fully saturated rings. The zero-order valence-electron chi connectivity index (χ0n) is 8.94. The molecule has 0 aromatic heterocycles. The molecule has 0 heterocycles. The van der Waals surface area contributed by atoms with E-state index in [0.29, 0.717) is 5.56 Å². The van der Waals surface area contributed by atoms with Crippen molar-refractivity contribution in [2.45, 2.75) is 0 Å². The second-order valence-electron chi connectivity index (χ2n) is 2.86. The Balaban J connectivity index is 3.45. The van der Waals surface area contributed by atoms with Gasteiger partial charge >= 0.3 is 11.9 Å². The van der Waals surface area contributed by atoms with E-state index in [1.54, 1.807) is 12.1 Å². The lowest BCUT2D eigenvalue weighted by atomic mass is 10.0. The van der Waals surface area contributed by atoms with Crippen molar-refractivity contribution in [3.05, 3.63) is 34.9 Å². The Hall–Kier alpha value is -2.28. The van der Waals surface area contributed by atoms with Crippen molar-refractivity contribution in [2.24, 2.45) is 0 Å². The summed E-state index contributed by atoms with van der Waals surface area (Å²) in [7, 11) is 2.45. The highest BCUT2D eigenvalue weighted by Crippen LogP contribution is 2.16. The average Bonchev–Trinajstić information content (AvgIpc) is 2.35. The molecule has 0 saturated heterocycles. The van der Waals surface area contributed by atoms with Gasteiger partial charge in [0.25, 0.3) is 0 Å². The van der Waals surface area contributed by atoms with Gasteiger partial charge in [-0.1, -0.05) is 12.0 Å². The first-order chi connectivity index (χ1) is 7.65. The monoisotopic (exact) mass is 218 g/mol. The van der Waals surface area contributed by atoms with Crippen molar-refractivity contribution in [1.82, 2.24) is 0 Å². The van der Waals surface area contributed by atoms with E-state index in [2.05, 4.69) is 15.4 Å². The molecule has 1 aromatic rings. The van der Waals surface area contributed by atoms with E-state index in [9.17, 15) is 9.59 Å². The van der Waals surface area contributed by atoms with Gasteiger partial charge < -0.3 is 9.47 Å². The van der Waals surface area contributed by atoms with E-state index in [0.717, 1.165) is 0 Å². The molecule has 0 aliphatic heterocycles. The van der Waals surface area contributed by atoms with Crippen LogP contribution in [-0.4, -0.2) is 26.2 Å². The van der Waals surface area contributed by atoms with Gasteiger partial charge in [0.15, 0.2) is 0 Å². The van der Waals surface area contributed by atoms with E-state index in [4.69, 9.17) is 6.42 Å². The summed E-state index contributed by atoms with van der Waals surface area (Å²) in [5.74, 6) is 1.04. The summed E-state index contributed by atoms with van der Waals surface area (Å²) in [4.78, 5) is 22.9. The highest BCUT2D eigenvalue weighted by molar-refractivity contribution is 6.04. The summed E-state index contributed by atoms with van der Waals surface area (Å²) >= 11 is 0. The first kappa shape index (κ1) is 11.8. The Morgan fingerprint density at radius 1 is 1.19 bits per heavy atom. The maximum Gasteiger partial charge on any atom is 0.340 e. The fraction of sp³-hybridized carbons (Fsp3) is 0.167. The molecule has 4 nitrogen and oxygen atoms in total. The second kappa shape index (κ2) is 4.99. The van der Waals surface area contributed by atoms with Crippen LogP contribution < -0.4 is 0 Å². The number of carbonyl (C=O) groups excluding carboxylic acids is 2. The van der Waals surface area contributed by atoms with Crippen molar-refractivity contribution in [2.75, 3.05) is 14.2 Å². The minimum absolute atomic E-state index is 0.0550. The van der Waals surface area contributed by atoms with Gasteiger partial charge in [-0.2, -0.15) is 0 Å². The molecule has 0 aliphatic rings. The third-order valence-electron chi connectivity index (χ3n) is 2.01. The normalized spacial score (nSPS) is 9.06. The minimum atomic E-state index is -0.658. The summed E-state index contributed by atoms with van der Waals surface area (Å²) in [6.07, 6.45) is 5.24. The molecule has 0 unspecified atom stereocenters. The van der Waals surface area contributed by atoms with Crippen LogP contribution in [0.1, 0.15) is 26.3 Å². The van der Waals surface area contributed by atoms with E-state index < -0.39 is 11.9 Å². The third-order valence-corrected chi connectivity index (χ3v) is 2.01. The van der Waals surface area contributed by atoms with Gasteiger partial charge in [-0.3, -0.25) is 0 Å². The number of hydrogen-bond donors (Lipinski definition) is 0. The molecule has 0 radical (unpaired) electrons. The highest BCUT2D eigenvalue weighted by Gasteiger charge is 2.20. The fourth-order valence-corrected chi connectivity index (χ4v) is 1.27. The number of hydrogen-bond acceptors (Lipinski definition) is 4. The van der Waals surface area contributed by atoms with Crippen LogP contribution in [0.4, 0.5) is 0 Å². The number of esters is 2. The summed E-state index contributed by atoms with van der Waals surface area (Å²) < 4.78 is 9.13. The predicted molar refractivity (Wildman–Crippen MR) is 57.1 cm³/mol. The van der Waals surface area contributed by atoms with Gasteiger partial charge in [-0.15, -0.1) is 6.42 Å². The van der Waals surface area contributed by atoms with Crippen molar-refractivity contribution in [3.8, 4) is 12.3 Å². The Kier molecular flexibility index (Phi) is 3.67. The molecule has 0 aliphatic carbocycles. The summed E-state index contributed by atoms with van der Waals surface area (Å²) in [6.45, 7) is 0. The molecule has 1 rings (SSSR count). The number of methoxy groups -OCH3 is 2. The van der Waals surface area contributed by atoms with E-state index >= 15 is 0 Å². The first-order valence-corrected chi connectivity index (χ1v) is 4.42. The van der Waals surface area contributed by atoms with Crippen LogP contribution in [0.2, 0.25) is 0 Å². The Morgan fingerprint density at radius 2 is 1.81 bits per heavy atom. The second-order valence-corrected chi connectivity index (χ2v) is 2.86. The smallest absolute Gasteiger partial charge is 0.340 e. The van der Waals surface area contributed by atoms with Gasteiger partial charge in [0.1, 0.15) is 0 Å². The molecule has 16 heavy (non-hydrogen) atoms. The van der Waals surface area contributed by atoms with E-state index in [-0.39, 0.29) is 11.1 Å². The van der Waals surface area contributed by atoms with E-state index in [1.807, 2.05) is 0 Å². The molecule has 0 atom stereocenters. The topological polar surface area (TPSA) is 52.6 Å². The van der Waals surface area contributed by atoms with Crippen molar-refractivity contribution in [3.63, 3.8) is 0 Å². The van der Waals surface area contributed by atoms with Crippen molar-refractivity contribution in [1.29, 1.82) is 0 Å². The Labute approximate surface area is 93.2 Å². The fourth-order valence-electron chi connectivity index (χ4n) is 1.27. The molecule has 1 aromatic carbocycles. The highest BCUT2D eigenvalue weighted by atomic mass is 16.5. The minimum Gasteiger partial charge on any atom is -0.465 e. The van der Waals surface area contributed by atoms with Gasteiger partial charge in [-0.05, 0) is 12.1 Å². The quantitative estimate of drug-likeness (QED) is 0.553. The van der Waals surface area contributed by atoms with Gasteiger partial charge in [0.05, 0.1) is 25.3 Å². The number of rotatable bonds is 2. The molecule has 82 valence electrons. The lowest BCUT2D eigenvalue weighted by Crippen LogP contribution is -2.13. The lowest BCUT2D eigenvalue weighted by molar-refractivity contribution is 0.0555. The Morgan fingerprint density at radius 3 is 2.31 bits per heavy atom. The van der Waals surface area contributed by atoms with Crippen LogP contribution in [0.3, 0.4) is 0 Å². The molecule has 0 amide bonds. The first-order valence-electron chi connectivity index (χ1n) is 4.42. The average molecular weight is 218 g/mol. The standard InChI is InChI=1S/C12H10O4/c1-4-8-6-5-7-9(11(13)15-2)10(8)12(14)16-3/h1,5-7H,2-3H3. The third kappa shape index (κ3) is 2.04. The molecule has 0 N–H and O–H groups in total. The summed E-state index contributed by atoms with van der Waals surface area (Å²) in [5.41, 5.74) is 0.457. The summed E-state index contributed by atoms with van der Waals surface area (Å²) in [6, 6.07) is 4.59. The van der Waals surface area contributed by atoms with Crippen LogP contribution >= 0.6 is 0 Å². The number of ether oxygens (including phenoxy) is 2. The predicted octanol–water partition coefficient (Wildman–Crippen LogP) is 1.24. The summed E-state index contributed by atoms with van der Waals surface area (Å²) in [5, 5.41) is 0. The van der Waals surface area contributed by atoms with E-state index in [1.165, 1.54) is 20.3 Å². The SMILES string of the molecule is C#Cc1cccc(C(=O)OC)c1C(=O)OC. The van der Waals surface area contributed by atoms with Crippen LogP contribution in [-0.2, 0) is 9.47 Å². The maximum atomic E-state index is 11.5. The molecule has 0 bridgehead atoms. The molecular weight excluding hydrogens is 208 g/mol. The number of benzene rings is 1. The largest absolute Gasteiger partial charge is 0.465 e.